The minimum Gasteiger partial charge on any atom is -0.454 e. The van der Waals surface area contributed by atoms with Crippen LogP contribution >= 0.6 is 11.6 Å². The number of Topliss-reactive ketones (excluding diaryl/α,β-unsaturated/α-hetero) is 1. The number of esters is 1. The minimum absolute atomic E-state index is 0.0816. The number of anilines is 1. The van der Waals surface area contributed by atoms with Crippen LogP contribution < -0.4 is 4.31 Å². The molecule has 9 heteroatoms. The molecule has 6 nitrogen and oxygen atoms in total. The lowest BCUT2D eigenvalue weighted by molar-refractivity contribution is -0.120. The van der Waals surface area contributed by atoms with E-state index in [1.54, 1.807) is 0 Å². The first-order chi connectivity index (χ1) is 13.2. The van der Waals surface area contributed by atoms with Gasteiger partial charge in [0.05, 0.1) is 22.8 Å². The Morgan fingerprint density at radius 3 is 2.43 bits per heavy atom. The second kappa shape index (κ2) is 8.99. The van der Waals surface area contributed by atoms with Crippen LogP contribution in [0.4, 0.5) is 10.1 Å². The third-order valence-corrected chi connectivity index (χ3v) is 5.83. The summed E-state index contributed by atoms with van der Waals surface area (Å²) in [5, 5.41) is -0.112. The zero-order chi connectivity index (χ0) is 20.9. The van der Waals surface area contributed by atoms with Gasteiger partial charge in [0.25, 0.3) is 10.0 Å². The predicted molar refractivity (Wildman–Crippen MR) is 104 cm³/mol. The Bertz CT molecular complexity index is 1010. The molecule has 0 fully saturated rings. The Kier molecular flexibility index (Phi) is 6.93. The molecule has 0 saturated carbocycles. The number of ether oxygens (including phenoxy) is 1. The van der Waals surface area contributed by atoms with Crippen molar-refractivity contribution in [1.82, 2.24) is 0 Å². The van der Waals surface area contributed by atoms with Crippen molar-refractivity contribution in [1.29, 1.82) is 0 Å². The molecule has 148 valence electrons. The number of nitrogens with zero attached hydrogens (tertiary/aromatic N) is 1. The molecule has 2 aromatic rings. The van der Waals surface area contributed by atoms with E-state index in [1.165, 1.54) is 37.3 Å². The first-order valence-corrected chi connectivity index (χ1v) is 9.84. The maximum absolute atomic E-state index is 13.2. The van der Waals surface area contributed by atoms with E-state index in [0.717, 1.165) is 22.5 Å². The molecule has 0 amide bonds. The largest absolute Gasteiger partial charge is 0.454 e. The van der Waals surface area contributed by atoms with Crippen molar-refractivity contribution in [3.63, 3.8) is 0 Å². The summed E-state index contributed by atoms with van der Waals surface area (Å²) in [5.74, 6) is -1.74. The molecular weight excluding hydrogens is 409 g/mol. The Labute approximate surface area is 167 Å². The van der Waals surface area contributed by atoms with Crippen molar-refractivity contribution in [2.24, 2.45) is 0 Å². The zero-order valence-electron chi connectivity index (χ0n) is 14.9. The second-order valence-electron chi connectivity index (χ2n) is 5.72. The number of rotatable bonds is 8. The van der Waals surface area contributed by atoms with Crippen LogP contribution in [0.25, 0.3) is 0 Å². The number of hydrogen-bond donors (Lipinski definition) is 0. The van der Waals surface area contributed by atoms with E-state index in [1.807, 2.05) is 0 Å². The normalized spacial score (nSPS) is 11.0. The zero-order valence-corrected chi connectivity index (χ0v) is 16.5. The van der Waals surface area contributed by atoms with Gasteiger partial charge in [-0.3, -0.25) is 9.10 Å². The molecule has 0 radical (unpaired) electrons. The first-order valence-electron chi connectivity index (χ1n) is 8.02. The van der Waals surface area contributed by atoms with E-state index < -0.39 is 28.4 Å². The number of carbonyl (C=O) groups is 2. The van der Waals surface area contributed by atoms with E-state index in [4.69, 9.17) is 16.3 Å². The van der Waals surface area contributed by atoms with E-state index >= 15 is 0 Å². The summed E-state index contributed by atoms with van der Waals surface area (Å²) in [6, 6.07) is 8.45. The first kappa shape index (κ1) is 21.6. The van der Waals surface area contributed by atoms with Crippen molar-refractivity contribution in [3.8, 4) is 0 Å². The molecule has 0 heterocycles. The Morgan fingerprint density at radius 1 is 1.21 bits per heavy atom. The average Bonchev–Trinajstić information content (AvgIpc) is 2.65. The molecule has 0 N–H and O–H groups in total. The van der Waals surface area contributed by atoms with Crippen LogP contribution in [0, 0.1) is 5.82 Å². The molecule has 28 heavy (non-hydrogen) atoms. The third-order valence-electron chi connectivity index (χ3n) is 3.55. The van der Waals surface area contributed by atoms with Crippen molar-refractivity contribution >= 4 is 39.1 Å². The fourth-order valence-electron chi connectivity index (χ4n) is 2.26. The highest BCUT2D eigenvalue weighted by Gasteiger charge is 2.28. The van der Waals surface area contributed by atoms with Gasteiger partial charge in [0.1, 0.15) is 17.3 Å². The van der Waals surface area contributed by atoms with Gasteiger partial charge in [0, 0.05) is 0 Å². The van der Waals surface area contributed by atoms with Gasteiger partial charge in [-0.25, -0.2) is 17.6 Å². The van der Waals surface area contributed by atoms with E-state index in [-0.39, 0.29) is 33.5 Å². The number of carbonyl (C=O) groups excluding carboxylic acids is 2. The lowest BCUT2D eigenvalue weighted by Crippen LogP contribution is -2.31. The van der Waals surface area contributed by atoms with Gasteiger partial charge in [0.2, 0.25) is 0 Å². The number of sulfonamides is 1. The van der Waals surface area contributed by atoms with Gasteiger partial charge < -0.3 is 4.74 Å². The van der Waals surface area contributed by atoms with E-state index in [2.05, 4.69) is 6.58 Å². The van der Waals surface area contributed by atoms with Crippen LogP contribution in [0.2, 0.25) is 5.02 Å². The predicted octanol–water partition coefficient (Wildman–Crippen LogP) is 3.61. The topological polar surface area (TPSA) is 80.8 Å². The molecule has 0 aliphatic rings. The van der Waals surface area contributed by atoms with Crippen molar-refractivity contribution < 1.29 is 27.1 Å². The SMILES string of the molecule is C=CCN(c1ccc(F)cc1)S(=O)(=O)c1cc(C(=O)OCC(C)=O)ccc1Cl. The second-order valence-corrected chi connectivity index (χ2v) is 7.96. The van der Waals surface area contributed by atoms with Gasteiger partial charge in [0.15, 0.2) is 5.78 Å². The summed E-state index contributed by atoms with van der Waals surface area (Å²) >= 11 is 6.07. The van der Waals surface area contributed by atoms with Crippen molar-refractivity contribution in [2.45, 2.75) is 11.8 Å². The standard InChI is InChI=1S/C19H17ClFNO5S/c1-3-10-22(16-7-5-15(21)6-8-16)28(25,26)18-11-14(4-9-17(18)20)19(24)27-12-13(2)23/h3-9,11H,1,10,12H2,2H3. The van der Waals surface area contributed by atoms with Gasteiger partial charge in [-0.15, -0.1) is 6.58 Å². The molecular formula is C19H17ClFNO5S. The van der Waals surface area contributed by atoms with E-state index in [9.17, 15) is 22.4 Å². The number of hydrogen-bond acceptors (Lipinski definition) is 5. The molecule has 0 spiro atoms. The summed E-state index contributed by atoms with van der Waals surface area (Å²) in [6.07, 6.45) is 1.36. The third kappa shape index (κ3) is 4.96. The number of halogens is 2. The number of ketones is 1. The summed E-state index contributed by atoms with van der Waals surface area (Å²) in [4.78, 5) is 22.7. The Balaban J connectivity index is 2.48. The molecule has 0 aliphatic heterocycles. The molecule has 0 aromatic heterocycles. The van der Waals surface area contributed by atoms with Crippen molar-refractivity contribution in [3.05, 3.63) is 71.5 Å². The van der Waals surface area contributed by atoms with Crippen LogP contribution in [0.3, 0.4) is 0 Å². The molecule has 2 aromatic carbocycles. The van der Waals surface area contributed by atoms with Gasteiger partial charge in [-0.2, -0.15) is 0 Å². The highest BCUT2D eigenvalue weighted by atomic mass is 35.5. The summed E-state index contributed by atoms with van der Waals surface area (Å²) in [6.45, 7) is 4.25. The van der Waals surface area contributed by atoms with Gasteiger partial charge in [-0.05, 0) is 49.4 Å². The maximum atomic E-state index is 13.2. The summed E-state index contributed by atoms with van der Waals surface area (Å²) in [7, 11) is -4.21. The van der Waals surface area contributed by atoms with Crippen LogP contribution in [-0.2, 0) is 19.6 Å². The lowest BCUT2D eigenvalue weighted by atomic mass is 10.2. The number of benzene rings is 2. The average molecular weight is 426 g/mol. The highest BCUT2D eigenvalue weighted by Crippen LogP contribution is 2.29. The molecule has 0 bridgehead atoms. The van der Waals surface area contributed by atoms with Crippen LogP contribution in [-0.4, -0.2) is 33.3 Å². The summed E-state index contributed by atoms with van der Waals surface area (Å²) < 4.78 is 45.3. The smallest absolute Gasteiger partial charge is 0.338 e. The van der Waals surface area contributed by atoms with E-state index in [0.29, 0.717) is 0 Å². The Morgan fingerprint density at radius 2 is 1.86 bits per heavy atom. The van der Waals surface area contributed by atoms with Gasteiger partial charge in [-0.1, -0.05) is 17.7 Å². The monoisotopic (exact) mass is 425 g/mol. The quantitative estimate of drug-likeness (QED) is 0.476. The fourth-order valence-corrected chi connectivity index (χ4v) is 4.20. The van der Waals surface area contributed by atoms with Crippen LogP contribution in [0.15, 0.2) is 60.0 Å². The molecule has 2 rings (SSSR count). The minimum atomic E-state index is -4.21. The Hall–Kier alpha value is -2.71. The molecule has 0 aliphatic carbocycles. The molecule has 0 saturated heterocycles. The lowest BCUT2D eigenvalue weighted by Gasteiger charge is -2.24. The van der Waals surface area contributed by atoms with Crippen LogP contribution in [0.1, 0.15) is 17.3 Å². The highest BCUT2D eigenvalue weighted by molar-refractivity contribution is 7.93. The maximum Gasteiger partial charge on any atom is 0.338 e. The summed E-state index contributed by atoms with van der Waals surface area (Å²) in [5.41, 5.74) is 0.115. The fraction of sp³-hybridized carbons (Fsp3) is 0.158. The molecule has 0 unspecified atom stereocenters. The molecule has 0 atom stereocenters. The van der Waals surface area contributed by atoms with Crippen molar-refractivity contribution in [2.75, 3.05) is 17.5 Å². The van der Waals surface area contributed by atoms with Gasteiger partial charge >= 0.3 is 5.97 Å². The van der Waals surface area contributed by atoms with Crippen LogP contribution in [0.5, 0.6) is 0 Å².